The monoisotopic (exact) mass is 321 g/mol. The van der Waals surface area contributed by atoms with Crippen molar-refractivity contribution in [3.8, 4) is 0 Å². The third-order valence-corrected chi connectivity index (χ3v) is 4.40. The highest BCUT2D eigenvalue weighted by molar-refractivity contribution is 6.33. The minimum Gasteiger partial charge on any atom is -0.306 e. The number of benzene rings is 2. The second-order valence-corrected chi connectivity index (χ2v) is 6.19. The van der Waals surface area contributed by atoms with E-state index in [-0.39, 0.29) is 6.04 Å². The van der Waals surface area contributed by atoms with Crippen molar-refractivity contribution in [2.45, 2.75) is 33.2 Å². The zero-order valence-electron chi connectivity index (χ0n) is 12.7. The van der Waals surface area contributed by atoms with E-state index >= 15 is 0 Å². The summed E-state index contributed by atoms with van der Waals surface area (Å²) in [5, 5.41) is 5.05. The van der Waals surface area contributed by atoms with Gasteiger partial charge in [0.05, 0.1) is 6.04 Å². The molecule has 1 atom stereocenters. The largest absolute Gasteiger partial charge is 0.306 e. The molecule has 0 aliphatic rings. The fourth-order valence-corrected chi connectivity index (χ4v) is 2.91. The van der Waals surface area contributed by atoms with Gasteiger partial charge >= 0.3 is 0 Å². The maximum atomic E-state index is 6.41. The van der Waals surface area contributed by atoms with Gasteiger partial charge < -0.3 is 5.32 Å². The van der Waals surface area contributed by atoms with Crippen LogP contribution >= 0.6 is 23.2 Å². The quantitative estimate of drug-likeness (QED) is 0.744. The Labute approximate surface area is 137 Å². The summed E-state index contributed by atoms with van der Waals surface area (Å²) in [6.07, 6.45) is 1.07. The zero-order valence-corrected chi connectivity index (χ0v) is 14.2. The Morgan fingerprint density at radius 3 is 2.52 bits per heavy atom. The summed E-state index contributed by atoms with van der Waals surface area (Å²) in [7, 11) is 0. The fraction of sp³-hybridized carbons (Fsp3) is 0.333. The van der Waals surface area contributed by atoms with Crippen LogP contribution < -0.4 is 5.32 Å². The molecule has 0 aliphatic heterocycles. The van der Waals surface area contributed by atoms with Crippen molar-refractivity contribution in [2.75, 3.05) is 6.54 Å². The van der Waals surface area contributed by atoms with Crippen LogP contribution in [0.25, 0.3) is 0 Å². The smallest absolute Gasteiger partial charge is 0.0594 e. The highest BCUT2D eigenvalue weighted by Crippen LogP contribution is 2.32. The third kappa shape index (κ3) is 3.79. The molecule has 0 saturated heterocycles. The van der Waals surface area contributed by atoms with Gasteiger partial charge in [0.25, 0.3) is 0 Å². The molecule has 0 aromatic heterocycles. The highest BCUT2D eigenvalue weighted by atomic mass is 35.5. The van der Waals surface area contributed by atoms with Gasteiger partial charge in [0, 0.05) is 10.0 Å². The van der Waals surface area contributed by atoms with E-state index in [9.17, 15) is 0 Å². The average Bonchev–Trinajstić information content (AvgIpc) is 2.47. The highest BCUT2D eigenvalue weighted by Gasteiger charge is 2.19. The molecular formula is C18H21Cl2N. The summed E-state index contributed by atoms with van der Waals surface area (Å²) in [6.45, 7) is 7.38. The Morgan fingerprint density at radius 1 is 1.05 bits per heavy atom. The van der Waals surface area contributed by atoms with E-state index in [0.29, 0.717) is 5.02 Å². The molecule has 1 nitrogen and oxygen atoms in total. The van der Waals surface area contributed by atoms with Gasteiger partial charge in [0.2, 0.25) is 0 Å². The van der Waals surface area contributed by atoms with Gasteiger partial charge in [0.15, 0.2) is 0 Å². The molecule has 0 amide bonds. The van der Waals surface area contributed by atoms with E-state index in [0.717, 1.165) is 23.6 Å². The number of hydrogen-bond donors (Lipinski definition) is 1. The van der Waals surface area contributed by atoms with Gasteiger partial charge in [-0.1, -0.05) is 48.3 Å². The van der Waals surface area contributed by atoms with E-state index in [2.05, 4.69) is 44.3 Å². The second kappa shape index (κ2) is 7.31. The predicted molar refractivity (Wildman–Crippen MR) is 92.5 cm³/mol. The third-order valence-electron chi connectivity index (χ3n) is 3.83. The van der Waals surface area contributed by atoms with E-state index < -0.39 is 0 Å². The first-order valence-electron chi connectivity index (χ1n) is 7.29. The molecule has 2 rings (SSSR count). The molecule has 0 saturated carbocycles. The van der Waals surface area contributed by atoms with Crippen LogP contribution in [-0.4, -0.2) is 6.54 Å². The Kier molecular flexibility index (Phi) is 5.69. The molecule has 0 radical (unpaired) electrons. The molecule has 1 unspecified atom stereocenters. The number of nitrogens with one attached hydrogen (secondary N) is 1. The number of halogens is 2. The first kappa shape index (κ1) is 16.4. The average molecular weight is 322 g/mol. The van der Waals surface area contributed by atoms with Crippen LogP contribution in [0.15, 0.2) is 36.4 Å². The van der Waals surface area contributed by atoms with Crippen LogP contribution in [0.1, 0.15) is 41.6 Å². The van der Waals surface area contributed by atoms with Gasteiger partial charge in [-0.2, -0.15) is 0 Å². The van der Waals surface area contributed by atoms with E-state index in [1.54, 1.807) is 0 Å². The van der Waals surface area contributed by atoms with E-state index in [1.807, 2.05) is 18.2 Å². The molecule has 112 valence electrons. The van der Waals surface area contributed by atoms with Crippen LogP contribution in [0.5, 0.6) is 0 Å². The van der Waals surface area contributed by atoms with Crippen molar-refractivity contribution in [1.29, 1.82) is 0 Å². The van der Waals surface area contributed by atoms with Crippen molar-refractivity contribution in [2.24, 2.45) is 0 Å². The summed E-state index contributed by atoms with van der Waals surface area (Å²) in [5.41, 5.74) is 4.87. The fourth-order valence-electron chi connectivity index (χ4n) is 2.50. The lowest BCUT2D eigenvalue weighted by Gasteiger charge is -2.23. The first-order chi connectivity index (χ1) is 10.0. The molecule has 0 heterocycles. The molecule has 0 spiro atoms. The topological polar surface area (TPSA) is 12.0 Å². The van der Waals surface area contributed by atoms with Crippen LogP contribution in [0.2, 0.25) is 10.0 Å². The van der Waals surface area contributed by atoms with E-state index in [4.69, 9.17) is 23.2 Å². The standard InChI is InChI=1S/C18H21Cl2N/c1-4-10-21-18(15-7-5-6-12(2)13(15)3)16-11-14(19)8-9-17(16)20/h5-9,11,18,21H,4,10H2,1-3H3. The van der Waals surface area contributed by atoms with Crippen molar-refractivity contribution in [3.63, 3.8) is 0 Å². The van der Waals surface area contributed by atoms with Gasteiger partial charge in [-0.15, -0.1) is 0 Å². The summed E-state index contributed by atoms with van der Waals surface area (Å²) >= 11 is 12.6. The second-order valence-electron chi connectivity index (χ2n) is 5.34. The van der Waals surface area contributed by atoms with Crippen molar-refractivity contribution in [1.82, 2.24) is 5.32 Å². The molecule has 0 fully saturated rings. The Morgan fingerprint density at radius 2 is 1.81 bits per heavy atom. The number of rotatable bonds is 5. The molecule has 2 aromatic carbocycles. The van der Waals surface area contributed by atoms with E-state index in [1.165, 1.54) is 16.7 Å². The molecular weight excluding hydrogens is 301 g/mol. The summed E-state index contributed by atoms with van der Waals surface area (Å²) in [6, 6.07) is 12.1. The minimum atomic E-state index is 0.0658. The van der Waals surface area contributed by atoms with Crippen molar-refractivity contribution in [3.05, 3.63) is 68.7 Å². The number of hydrogen-bond acceptors (Lipinski definition) is 1. The maximum Gasteiger partial charge on any atom is 0.0594 e. The normalized spacial score (nSPS) is 12.4. The molecule has 2 aromatic rings. The Balaban J connectivity index is 2.52. The lowest BCUT2D eigenvalue weighted by molar-refractivity contribution is 0.596. The van der Waals surface area contributed by atoms with Crippen molar-refractivity contribution < 1.29 is 0 Å². The minimum absolute atomic E-state index is 0.0658. The molecule has 0 aliphatic carbocycles. The summed E-state index contributed by atoms with van der Waals surface area (Å²) in [5.74, 6) is 0. The van der Waals surface area contributed by atoms with Gasteiger partial charge in [-0.25, -0.2) is 0 Å². The van der Waals surface area contributed by atoms with Gasteiger partial charge in [-0.05, 0) is 67.3 Å². The Hall–Kier alpha value is -1.02. The molecule has 1 N–H and O–H groups in total. The van der Waals surface area contributed by atoms with Crippen LogP contribution in [-0.2, 0) is 0 Å². The van der Waals surface area contributed by atoms with Gasteiger partial charge in [-0.3, -0.25) is 0 Å². The first-order valence-corrected chi connectivity index (χ1v) is 8.04. The summed E-state index contributed by atoms with van der Waals surface area (Å²) in [4.78, 5) is 0. The zero-order chi connectivity index (χ0) is 15.4. The van der Waals surface area contributed by atoms with Crippen LogP contribution in [0.4, 0.5) is 0 Å². The SMILES string of the molecule is CCCNC(c1cc(Cl)ccc1Cl)c1cccc(C)c1C. The van der Waals surface area contributed by atoms with Crippen LogP contribution in [0.3, 0.4) is 0 Å². The molecule has 21 heavy (non-hydrogen) atoms. The lowest BCUT2D eigenvalue weighted by Crippen LogP contribution is -2.24. The predicted octanol–water partition coefficient (Wildman–Crippen LogP) is 5.70. The van der Waals surface area contributed by atoms with Gasteiger partial charge in [0.1, 0.15) is 0 Å². The summed E-state index contributed by atoms with van der Waals surface area (Å²) < 4.78 is 0. The number of aryl methyl sites for hydroxylation is 1. The Bertz CT molecular complexity index is 621. The lowest BCUT2D eigenvalue weighted by atomic mass is 9.92. The molecule has 3 heteroatoms. The molecule has 0 bridgehead atoms. The maximum absolute atomic E-state index is 6.41. The van der Waals surface area contributed by atoms with Crippen molar-refractivity contribution >= 4 is 23.2 Å². The van der Waals surface area contributed by atoms with Crippen LogP contribution in [0, 0.1) is 13.8 Å².